The van der Waals surface area contributed by atoms with E-state index in [1.54, 1.807) is 12.1 Å². The van der Waals surface area contributed by atoms with Gasteiger partial charge in [-0.3, -0.25) is 0 Å². The highest BCUT2D eigenvalue weighted by Crippen LogP contribution is 2.38. The summed E-state index contributed by atoms with van der Waals surface area (Å²) < 4.78 is 22.8. The van der Waals surface area contributed by atoms with E-state index in [1.165, 1.54) is 6.07 Å². The highest BCUT2D eigenvalue weighted by atomic mass is 79.9. The first-order valence-corrected chi connectivity index (χ1v) is 8.82. The van der Waals surface area contributed by atoms with E-state index in [-0.39, 0.29) is 0 Å². The molecular weight excluding hydrogens is 579 g/mol. The molecule has 2 aromatic carbocycles. The van der Waals surface area contributed by atoms with Crippen LogP contribution in [0.25, 0.3) is 0 Å². The van der Waals surface area contributed by atoms with Crippen molar-refractivity contribution in [3.63, 3.8) is 0 Å². The quantitative estimate of drug-likeness (QED) is 0.264. The fourth-order valence-corrected chi connectivity index (χ4v) is 3.34. The lowest BCUT2D eigenvalue weighted by Crippen LogP contribution is -1.89. The van der Waals surface area contributed by atoms with Crippen LogP contribution in [-0.4, -0.2) is 0 Å². The third kappa shape index (κ3) is 3.81. The van der Waals surface area contributed by atoms with Crippen molar-refractivity contribution in [1.29, 1.82) is 0 Å². The molecule has 19 heavy (non-hydrogen) atoms. The van der Waals surface area contributed by atoms with Gasteiger partial charge in [-0.15, -0.1) is 0 Å². The van der Waals surface area contributed by atoms with Crippen molar-refractivity contribution in [2.45, 2.75) is 0 Å². The van der Waals surface area contributed by atoms with Crippen molar-refractivity contribution in [1.82, 2.24) is 0 Å². The Balaban J connectivity index is 2.39. The zero-order valence-corrected chi connectivity index (χ0v) is 16.9. The Hall–Kier alpha value is 0.570. The first-order valence-electron chi connectivity index (χ1n) is 4.85. The summed E-state index contributed by atoms with van der Waals surface area (Å²) in [5.41, 5.74) is 0. The molecule has 2 rings (SSSR count). The number of hydrogen-bond acceptors (Lipinski definition) is 1. The molecule has 2 aromatic rings. The Morgan fingerprint density at radius 2 is 1.37 bits per heavy atom. The molecule has 0 aromatic heterocycles. The molecule has 7 heteroatoms. The minimum atomic E-state index is -0.392. The van der Waals surface area contributed by atoms with Gasteiger partial charge >= 0.3 is 0 Å². The van der Waals surface area contributed by atoms with Crippen LogP contribution in [0.15, 0.2) is 46.6 Å². The second kappa shape index (κ2) is 6.56. The molecule has 0 unspecified atom stereocenters. The van der Waals surface area contributed by atoms with Crippen LogP contribution in [0.1, 0.15) is 0 Å². The van der Waals surface area contributed by atoms with E-state index in [4.69, 9.17) is 4.74 Å². The third-order valence-electron chi connectivity index (χ3n) is 2.16. The van der Waals surface area contributed by atoms with Gasteiger partial charge in [0.25, 0.3) is 0 Å². The second-order valence-electron chi connectivity index (χ2n) is 3.50. The van der Waals surface area contributed by atoms with E-state index in [2.05, 4.69) is 79.6 Å². The topological polar surface area (TPSA) is 9.23 Å². The van der Waals surface area contributed by atoms with Gasteiger partial charge in [0, 0.05) is 19.5 Å². The van der Waals surface area contributed by atoms with E-state index in [0.717, 1.165) is 13.4 Å². The van der Waals surface area contributed by atoms with Crippen LogP contribution in [0.2, 0.25) is 0 Å². The maximum Gasteiger partial charge on any atom is 0.142 e. The van der Waals surface area contributed by atoms with Gasteiger partial charge in [-0.1, -0.05) is 0 Å². The van der Waals surface area contributed by atoms with Crippen molar-refractivity contribution < 1.29 is 9.13 Å². The lowest BCUT2D eigenvalue weighted by molar-refractivity contribution is 0.472. The molecule has 0 fully saturated rings. The molecule has 1 nitrogen and oxygen atoms in total. The molecule has 0 aliphatic heterocycles. The summed E-state index contributed by atoms with van der Waals surface area (Å²) in [5.74, 6) is 0.600. The lowest BCUT2D eigenvalue weighted by Gasteiger charge is -2.10. The zero-order valence-electron chi connectivity index (χ0n) is 8.99. The molecule has 0 spiro atoms. The van der Waals surface area contributed by atoms with Gasteiger partial charge in [-0.2, -0.15) is 0 Å². The summed E-state index contributed by atoms with van der Waals surface area (Å²) in [6.45, 7) is 0. The first kappa shape index (κ1) is 15.9. The van der Waals surface area contributed by atoms with E-state index < -0.39 is 5.82 Å². The Bertz CT molecular complexity index is 621. The number of hydrogen-bond donors (Lipinski definition) is 0. The summed E-state index contributed by atoms with van der Waals surface area (Å²) in [5, 5.41) is 0. The molecule has 0 amide bonds. The molecule has 0 N–H and O–H groups in total. The van der Waals surface area contributed by atoms with Crippen molar-refractivity contribution in [3.05, 3.63) is 52.4 Å². The van der Waals surface area contributed by atoms with Gasteiger partial charge in [0.2, 0.25) is 0 Å². The molecule has 0 aliphatic rings. The number of ether oxygens (including phenoxy) is 1. The largest absolute Gasteiger partial charge is 0.456 e. The third-order valence-corrected chi connectivity index (χ3v) is 6.59. The Morgan fingerprint density at radius 1 is 0.737 bits per heavy atom. The van der Waals surface area contributed by atoms with Crippen LogP contribution in [-0.2, 0) is 0 Å². The summed E-state index contributed by atoms with van der Waals surface area (Å²) >= 11 is 16.6. The SMILES string of the molecule is Fc1cc(Oc2cc(Br)c(Br)cc2Br)cc(Br)c1Br. The molecule has 0 saturated heterocycles. The number of rotatable bonds is 2. The van der Waals surface area contributed by atoms with E-state index in [1.807, 2.05) is 6.07 Å². The second-order valence-corrected chi connectivity index (χ2v) is 7.71. The van der Waals surface area contributed by atoms with Gasteiger partial charge in [-0.05, 0) is 97.8 Å². The van der Waals surface area contributed by atoms with Gasteiger partial charge in [0.05, 0.1) is 8.95 Å². The molecule has 0 atom stereocenters. The highest BCUT2D eigenvalue weighted by molar-refractivity contribution is 9.13. The normalized spacial score (nSPS) is 10.6. The summed E-state index contributed by atoms with van der Waals surface area (Å²) in [4.78, 5) is 0. The monoisotopic (exact) mass is 578 g/mol. The van der Waals surface area contributed by atoms with E-state index in [9.17, 15) is 4.39 Å². The molecular formula is C12H4Br5FO. The van der Waals surface area contributed by atoms with Gasteiger partial charge in [0.15, 0.2) is 0 Å². The summed E-state index contributed by atoms with van der Waals surface area (Å²) in [6, 6.07) is 6.65. The lowest BCUT2D eigenvalue weighted by atomic mass is 10.3. The highest BCUT2D eigenvalue weighted by Gasteiger charge is 2.11. The number of benzene rings is 2. The van der Waals surface area contributed by atoms with Crippen molar-refractivity contribution in [2.75, 3.05) is 0 Å². The van der Waals surface area contributed by atoms with Gasteiger partial charge < -0.3 is 4.74 Å². The van der Waals surface area contributed by atoms with Crippen LogP contribution >= 0.6 is 79.6 Å². The van der Waals surface area contributed by atoms with Crippen LogP contribution < -0.4 is 4.74 Å². The fraction of sp³-hybridized carbons (Fsp3) is 0. The average molecular weight is 583 g/mol. The smallest absolute Gasteiger partial charge is 0.142 e. The van der Waals surface area contributed by atoms with Crippen molar-refractivity contribution >= 4 is 79.6 Å². The van der Waals surface area contributed by atoms with E-state index >= 15 is 0 Å². The molecule has 0 bridgehead atoms. The van der Waals surface area contributed by atoms with Crippen LogP contribution in [0.4, 0.5) is 4.39 Å². The Labute approximate surface area is 151 Å². The maximum absolute atomic E-state index is 13.6. The molecule has 0 saturated carbocycles. The molecule has 100 valence electrons. The van der Waals surface area contributed by atoms with Gasteiger partial charge in [-0.25, -0.2) is 4.39 Å². The molecule has 0 heterocycles. The Kier molecular flexibility index (Phi) is 5.50. The zero-order chi connectivity index (χ0) is 14.2. The average Bonchev–Trinajstić information content (AvgIpc) is 2.33. The van der Waals surface area contributed by atoms with E-state index in [0.29, 0.717) is 20.4 Å². The van der Waals surface area contributed by atoms with Crippen molar-refractivity contribution in [2.24, 2.45) is 0 Å². The molecule has 0 aliphatic carbocycles. The van der Waals surface area contributed by atoms with Crippen LogP contribution in [0, 0.1) is 5.82 Å². The van der Waals surface area contributed by atoms with Gasteiger partial charge in [0.1, 0.15) is 17.3 Å². The predicted octanol–water partition coefficient (Wildman–Crippen LogP) is 7.43. The van der Waals surface area contributed by atoms with Crippen molar-refractivity contribution in [3.8, 4) is 11.5 Å². The minimum Gasteiger partial charge on any atom is -0.456 e. The van der Waals surface area contributed by atoms with Crippen LogP contribution in [0.5, 0.6) is 11.5 Å². The number of halogens is 6. The summed E-state index contributed by atoms with van der Waals surface area (Å²) in [7, 11) is 0. The first-order chi connectivity index (χ1) is 8.88. The minimum absolute atomic E-state index is 0.371. The standard InChI is InChI=1S/C12H4Br5FO/c13-6-3-8(15)11(4-7(6)14)19-5-1-9(16)12(17)10(18)2-5/h1-4H. The summed E-state index contributed by atoms with van der Waals surface area (Å²) in [6.07, 6.45) is 0. The predicted molar refractivity (Wildman–Crippen MR) is 91.4 cm³/mol. The molecule has 0 radical (unpaired) electrons. The van der Waals surface area contributed by atoms with Crippen LogP contribution in [0.3, 0.4) is 0 Å². The fourth-order valence-electron chi connectivity index (χ4n) is 1.30. The Morgan fingerprint density at radius 3 is 2.00 bits per heavy atom. The maximum atomic E-state index is 13.6.